The second-order valence-corrected chi connectivity index (χ2v) is 6.37. The van der Waals surface area contributed by atoms with Gasteiger partial charge in [0.2, 0.25) is 0 Å². The van der Waals surface area contributed by atoms with E-state index in [0.717, 1.165) is 40.8 Å². The molecule has 136 valence electrons. The quantitative estimate of drug-likeness (QED) is 0.585. The first-order valence-corrected chi connectivity index (χ1v) is 9.11. The van der Waals surface area contributed by atoms with Gasteiger partial charge in [0.25, 0.3) is 0 Å². The summed E-state index contributed by atoms with van der Waals surface area (Å²) < 4.78 is 11.0. The maximum absolute atomic E-state index is 11.5. The SMILES string of the molecule is CCOC(=O)CCCc1c(C)[nH]c2ccc(OCc3ccccc3)cc12. The van der Waals surface area contributed by atoms with Crippen LogP contribution in [0.2, 0.25) is 0 Å². The van der Waals surface area contributed by atoms with Crippen LogP contribution in [0.25, 0.3) is 10.9 Å². The molecule has 2 aromatic carbocycles. The lowest BCUT2D eigenvalue weighted by Crippen LogP contribution is -2.04. The summed E-state index contributed by atoms with van der Waals surface area (Å²) >= 11 is 0. The summed E-state index contributed by atoms with van der Waals surface area (Å²) in [4.78, 5) is 15.0. The molecule has 3 rings (SSSR count). The molecule has 3 aromatic rings. The predicted octanol–water partition coefficient (Wildman–Crippen LogP) is 4.94. The molecule has 0 fully saturated rings. The number of aromatic nitrogens is 1. The van der Waals surface area contributed by atoms with Gasteiger partial charge < -0.3 is 14.5 Å². The third-order valence-electron chi connectivity index (χ3n) is 4.45. The molecule has 4 heteroatoms. The van der Waals surface area contributed by atoms with Crippen LogP contribution < -0.4 is 4.74 Å². The second-order valence-electron chi connectivity index (χ2n) is 6.37. The van der Waals surface area contributed by atoms with Gasteiger partial charge in [-0.1, -0.05) is 30.3 Å². The first-order chi connectivity index (χ1) is 12.7. The Kier molecular flexibility index (Phi) is 5.95. The van der Waals surface area contributed by atoms with Crippen molar-refractivity contribution in [2.75, 3.05) is 6.61 Å². The number of rotatable bonds is 8. The number of H-pyrrole nitrogens is 1. The van der Waals surface area contributed by atoms with E-state index in [-0.39, 0.29) is 5.97 Å². The van der Waals surface area contributed by atoms with Crippen molar-refractivity contribution in [2.24, 2.45) is 0 Å². The summed E-state index contributed by atoms with van der Waals surface area (Å²) in [5.41, 5.74) is 4.63. The molecule has 0 saturated carbocycles. The lowest BCUT2D eigenvalue weighted by atomic mass is 10.0. The number of nitrogens with one attached hydrogen (secondary N) is 1. The van der Waals surface area contributed by atoms with E-state index in [1.165, 1.54) is 5.56 Å². The average molecular weight is 351 g/mol. The number of ether oxygens (including phenoxy) is 2. The van der Waals surface area contributed by atoms with E-state index in [1.54, 1.807) is 0 Å². The Bertz CT molecular complexity index is 868. The van der Waals surface area contributed by atoms with E-state index in [4.69, 9.17) is 9.47 Å². The standard InChI is InChI=1S/C22H25NO3/c1-3-25-22(24)11-7-10-19-16(2)23-21-13-12-18(14-20(19)21)26-15-17-8-5-4-6-9-17/h4-6,8-9,12-14,23H,3,7,10-11,15H2,1-2H3. The van der Waals surface area contributed by atoms with Gasteiger partial charge >= 0.3 is 5.97 Å². The molecule has 0 aliphatic rings. The van der Waals surface area contributed by atoms with E-state index < -0.39 is 0 Å². The molecular formula is C22H25NO3. The average Bonchev–Trinajstić information content (AvgIpc) is 2.96. The van der Waals surface area contributed by atoms with Crippen molar-refractivity contribution in [2.45, 2.75) is 39.7 Å². The van der Waals surface area contributed by atoms with Crippen molar-refractivity contribution in [3.8, 4) is 5.75 Å². The lowest BCUT2D eigenvalue weighted by Gasteiger charge is -2.07. The first-order valence-electron chi connectivity index (χ1n) is 9.11. The largest absolute Gasteiger partial charge is 0.489 e. The maximum Gasteiger partial charge on any atom is 0.305 e. The summed E-state index contributed by atoms with van der Waals surface area (Å²) in [6.45, 7) is 4.89. The van der Waals surface area contributed by atoms with E-state index in [2.05, 4.69) is 36.2 Å². The fourth-order valence-corrected chi connectivity index (χ4v) is 3.16. The van der Waals surface area contributed by atoms with Crippen LogP contribution in [0, 0.1) is 6.92 Å². The summed E-state index contributed by atoms with van der Waals surface area (Å²) in [7, 11) is 0. The fourth-order valence-electron chi connectivity index (χ4n) is 3.16. The number of hydrogen-bond donors (Lipinski definition) is 1. The molecule has 1 heterocycles. The molecular weight excluding hydrogens is 326 g/mol. The molecule has 0 bridgehead atoms. The van der Waals surface area contributed by atoms with E-state index >= 15 is 0 Å². The number of benzene rings is 2. The highest BCUT2D eigenvalue weighted by atomic mass is 16.5. The highest BCUT2D eigenvalue weighted by molar-refractivity contribution is 5.86. The van der Waals surface area contributed by atoms with Crippen LogP contribution in [0.3, 0.4) is 0 Å². The highest BCUT2D eigenvalue weighted by Gasteiger charge is 2.11. The smallest absolute Gasteiger partial charge is 0.305 e. The summed E-state index contributed by atoms with van der Waals surface area (Å²) in [5.74, 6) is 0.726. The van der Waals surface area contributed by atoms with Gasteiger partial charge in [0.1, 0.15) is 12.4 Å². The van der Waals surface area contributed by atoms with Gasteiger partial charge in [-0.05, 0) is 56.0 Å². The number of carbonyl (C=O) groups excluding carboxylic acids is 1. The van der Waals surface area contributed by atoms with Crippen molar-refractivity contribution in [1.82, 2.24) is 4.98 Å². The minimum absolute atomic E-state index is 0.128. The number of carbonyl (C=O) groups is 1. The number of fused-ring (bicyclic) bond motifs is 1. The molecule has 0 aliphatic heterocycles. The fraction of sp³-hybridized carbons (Fsp3) is 0.318. The van der Waals surface area contributed by atoms with E-state index in [1.807, 2.05) is 31.2 Å². The Labute approximate surface area is 154 Å². The summed E-state index contributed by atoms with van der Waals surface area (Å²) in [6, 6.07) is 16.3. The van der Waals surface area contributed by atoms with Gasteiger partial charge in [0.15, 0.2) is 0 Å². The summed E-state index contributed by atoms with van der Waals surface area (Å²) in [5, 5.41) is 1.16. The zero-order valence-electron chi connectivity index (χ0n) is 15.4. The Morgan fingerprint density at radius 1 is 1.12 bits per heavy atom. The molecule has 4 nitrogen and oxygen atoms in total. The van der Waals surface area contributed by atoms with Crippen LogP contribution in [-0.2, 0) is 22.6 Å². The minimum Gasteiger partial charge on any atom is -0.489 e. The van der Waals surface area contributed by atoms with Gasteiger partial charge in [0, 0.05) is 23.0 Å². The molecule has 0 amide bonds. The van der Waals surface area contributed by atoms with Crippen molar-refractivity contribution < 1.29 is 14.3 Å². The molecule has 1 N–H and O–H groups in total. The second kappa shape index (κ2) is 8.56. The van der Waals surface area contributed by atoms with Crippen LogP contribution in [0.5, 0.6) is 5.75 Å². The molecule has 0 atom stereocenters. The molecule has 0 spiro atoms. The van der Waals surface area contributed by atoms with Gasteiger partial charge in [-0.2, -0.15) is 0 Å². The summed E-state index contributed by atoms with van der Waals surface area (Å²) in [6.07, 6.45) is 2.07. The van der Waals surface area contributed by atoms with Gasteiger partial charge in [-0.15, -0.1) is 0 Å². The van der Waals surface area contributed by atoms with Crippen LogP contribution in [0.15, 0.2) is 48.5 Å². The van der Waals surface area contributed by atoms with Crippen LogP contribution in [0.4, 0.5) is 0 Å². The van der Waals surface area contributed by atoms with Gasteiger partial charge in [-0.25, -0.2) is 0 Å². The van der Waals surface area contributed by atoms with E-state index in [9.17, 15) is 4.79 Å². The Hall–Kier alpha value is -2.75. The third-order valence-corrected chi connectivity index (χ3v) is 4.45. The van der Waals surface area contributed by atoms with Gasteiger partial charge in [0.05, 0.1) is 6.61 Å². The van der Waals surface area contributed by atoms with Crippen LogP contribution in [0.1, 0.15) is 36.6 Å². The van der Waals surface area contributed by atoms with Crippen molar-refractivity contribution >= 4 is 16.9 Å². The van der Waals surface area contributed by atoms with Crippen LogP contribution in [-0.4, -0.2) is 17.6 Å². The number of hydrogen-bond acceptors (Lipinski definition) is 3. The Morgan fingerprint density at radius 2 is 1.92 bits per heavy atom. The third kappa shape index (κ3) is 4.45. The molecule has 0 radical (unpaired) electrons. The van der Waals surface area contributed by atoms with Gasteiger partial charge in [-0.3, -0.25) is 4.79 Å². The van der Waals surface area contributed by atoms with Crippen molar-refractivity contribution in [1.29, 1.82) is 0 Å². The minimum atomic E-state index is -0.128. The topological polar surface area (TPSA) is 51.3 Å². The van der Waals surface area contributed by atoms with Crippen molar-refractivity contribution in [3.05, 3.63) is 65.4 Å². The molecule has 0 saturated heterocycles. The Morgan fingerprint density at radius 3 is 2.69 bits per heavy atom. The van der Waals surface area contributed by atoms with Crippen molar-refractivity contribution in [3.63, 3.8) is 0 Å². The molecule has 1 aromatic heterocycles. The monoisotopic (exact) mass is 351 g/mol. The molecule has 0 unspecified atom stereocenters. The Balaban J connectivity index is 1.70. The lowest BCUT2D eigenvalue weighted by molar-refractivity contribution is -0.143. The number of aromatic amines is 1. The zero-order chi connectivity index (χ0) is 18.4. The van der Waals surface area contributed by atoms with E-state index in [0.29, 0.717) is 19.6 Å². The highest BCUT2D eigenvalue weighted by Crippen LogP contribution is 2.28. The molecule has 0 aliphatic carbocycles. The number of esters is 1. The normalized spacial score (nSPS) is 10.8. The zero-order valence-corrected chi connectivity index (χ0v) is 15.4. The maximum atomic E-state index is 11.5. The first kappa shape index (κ1) is 18.1. The van der Waals surface area contributed by atoms with Crippen LogP contribution >= 0.6 is 0 Å². The molecule has 26 heavy (non-hydrogen) atoms. The predicted molar refractivity (Wildman–Crippen MR) is 103 cm³/mol. The number of aryl methyl sites for hydroxylation is 2.